The van der Waals surface area contributed by atoms with Crippen LogP contribution in [0, 0.1) is 0 Å². The summed E-state index contributed by atoms with van der Waals surface area (Å²) in [6.45, 7) is -0.0825. The Morgan fingerprint density at radius 2 is 1.58 bits per heavy atom. The van der Waals surface area contributed by atoms with E-state index in [1.165, 1.54) is 0 Å². The van der Waals surface area contributed by atoms with Gasteiger partial charge in [-0.05, 0) is 73.0 Å². The number of rotatable bonds is 5. The fraction of sp³-hybridized carbons (Fsp3) is 0.172. The van der Waals surface area contributed by atoms with Gasteiger partial charge in [0.2, 0.25) is 5.91 Å². The highest BCUT2D eigenvalue weighted by atomic mass is 35.5. The van der Waals surface area contributed by atoms with Crippen LogP contribution in [0.25, 0.3) is 5.69 Å². The molecule has 2 aliphatic rings. The quantitative estimate of drug-likeness (QED) is 0.271. The minimum absolute atomic E-state index is 0.0112. The molecule has 1 aliphatic heterocycles. The number of hydrogen-bond acceptors (Lipinski definition) is 2. The van der Waals surface area contributed by atoms with Gasteiger partial charge in [-0.2, -0.15) is 0 Å². The Morgan fingerprint density at radius 3 is 2.29 bits per heavy atom. The number of aromatic nitrogens is 1. The average Bonchev–Trinajstić information content (AvgIpc) is 3.63. The van der Waals surface area contributed by atoms with Crippen molar-refractivity contribution >= 4 is 58.1 Å². The molecule has 1 fully saturated rings. The molecule has 0 radical (unpaired) electrons. The van der Waals surface area contributed by atoms with Crippen LogP contribution in [0.1, 0.15) is 30.1 Å². The summed E-state index contributed by atoms with van der Waals surface area (Å²) in [5, 5.41) is 4.29. The Labute approximate surface area is 235 Å². The molecule has 1 saturated carbocycles. The number of nitrogens with one attached hydrogen (secondary N) is 1. The second-order valence-electron chi connectivity index (χ2n) is 9.42. The number of carbonyl (C=O) groups excluding carboxylic acids is 2. The van der Waals surface area contributed by atoms with Crippen LogP contribution in [0.15, 0.2) is 85.1 Å². The van der Waals surface area contributed by atoms with E-state index in [4.69, 9.17) is 34.8 Å². The monoisotopic (exact) mass is 564 g/mol. The molecule has 1 unspecified atom stereocenters. The van der Waals surface area contributed by atoms with Gasteiger partial charge in [-0.1, -0.05) is 59.1 Å². The summed E-state index contributed by atoms with van der Waals surface area (Å²) in [7, 11) is 0. The molecule has 2 heterocycles. The number of benzene rings is 3. The van der Waals surface area contributed by atoms with Crippen molar-refractivity contribution in [2.75, 3.05) is 16.8 Å². The van der Waals surface area contributed by atoms with Crippen molar-refractivity contribution in [2.24, 2.45) is 0 Å². The largest absolute Gasteiger partial charge is 0.322 e. The molecule has 4 aromatic rings. The van der Waals surface area contributed by atoms with Crippen LogP contribution in [0.3, 0.4) is 0 Å². The number of anilines is 2. The van der Waals surface area contributed by atoms with Gasteiger partial charge in [0.05, 0.1) is 27.8 Å². The summed E-state index contributed by atoms with van der Waals surface area (Å²) in [4.78, 5) is 31.0. The zero-order valence-electron chi connectivity index (χ0n) is 20.2. The molecule has 1 atom stereocenters. The molecule has 3 amide bonds. The number of carbonyl (C=O) groups is 2. The van der Waals surface area contributed by atoms with Gasteiger partial charge in [-0.3, -0.25) is 9.69 Å². The third-order valence-electron chi connectivity index (χ3n) is 6.90. The van der Waals surface area contributed by atoms with Gasteiger partial charge in [0.15, 0.2) is 0 Å². The first kappa shape index (κ1) is 24.9. The zero-order valence-corrected chi connectivity index (χ0v) is 22.4. The topological polar surface area (TPSA) is 57.6 Å². The van der Waals surface area contributed by atoms with E-state index in [0.717, 1.165) is 35.5 Å². The standard InChI is InChI=1S/C29H23Cl3N4O2/c30-19-9-7-18(8-10-19)28-26-6-3-15-34(26)24-4-1-2-5-25(24)36(28)27(37)17-35(21-12-13-21)29(38)33-23-14-11-20(31)16-22(23)32/h1-11,14-16,21,28H,12-13,17H2,(H,33,38). The Balaban J connectivity index is 1.35. The van der Waals surface area contributed by atoms with Crippen LogP contribution in [-0.2, 0) is 4.79 Å². The normalized spacial score (nSPS) is 16.0. The fourth-order valence-electron chi connectivity index (χ4n) is 4.98. The third kappa shape index (κ3) is 4.64. The van der Waals surface area contributed by atoms with Crippen molar-refractivity contribution in [1.82, 2.24) is 9.47 Å². The molecular weight excluding hydrogens is 543 g/mol. The van der Waals surface area contributed by atoms with E-state index >= 15 is 0 Å². The molecule has 0 spiro atoms. The maximum absolute atomic E-state index is 14.2. The zero-order chi connectivity index (χ0) is 26.4. The van der Waals surface area contributed by atoms with Gasteiger partial charge in [0, 0.05) is 22.3 Å². The van der Waals surface area contributed by atoms with Gasteiger partial charge in [-0.25, -0.2) is 4.79 Å². The predicted octanol–water partition coefficient (Wildman–Crippen LogP) is 7.57. The van der Waals surface area contributed by atoms with Crippen molar-refractivity contribution in [3.8, 4) is 5.69 Å². The molecule has 3 aromatic carbocycles. The van der Waals surface area contributed by atoms with Crippen LogP contribution in [-0.4, -0.2) is 34.0 Å². The summed E-state index contributed by atoms with van der Waals surface area (Å²) in [5.41, 5.74) is 4.00. The van der Waals surface area contributed by atoms with Crippen LogP contribution in [0.2, 0.25) is 15.1 Å². The highest BCUT2D eigenvalue weighted by Crippen LogP contribution is 2.43. The van der Waals surface area contributed by atoms with E-state index in [9.17, 15) is 9.59 Å². The lowest BCUT2D eigenvalue weighted by Gasteiger charge is -2.39. The number of hydrogen-bond donors (Lipinski definition) is 1. The van der Waals surface area contributed by atoms with Gasteiger partial charge < -0.3 is 14.8 Å². The minimum Gasteiger partial charge on any atom is -0.316 e. The summed E-state index contributed by atoms with van der Waals surface area (Å²) in [6, 6.07) is 23.4. The number of urea groups is 1. The van der Waals surface area contributed by atoms with Crippen molar-refractivity contribution in [3.63, 3.8) is 0 Å². The van der Waals surface area contributed by atoms with Crippen LogP contribution in [0.5, 0.6) is 0 Å². The molecule has 192 valence electrons. The lowest BCUT2D eigenvalue weighted by molar-refractivity contribution is -0.119. The first-order valence-corrected chi connectivity index (χ1v) is 13.4. The van der Waals surface area contributed by atoms with Crippen molar-refractivity contribution in [1.29, 1.82) is 0 Å². The minimum atomic E-state index is -0.389. The molecule has 1 aliphatic carbocycles. The van der Waals surface area contributed by atoms with E-state index in [0.29, 0.717) is 20.8 Å². The van der Waals surface area contributed by atoms with E-state index in [-0.39, 0.29) is 30.6 Å². The van der Waals surface area contributed by atoms with Gasteiger partial charge in [0.25, 0.3) is 0 Å². The maximum atomic E-state index is 14.2. The molecule has 9 heteroatoms. The predicted molar refractivity (Wildman–Crippen MR) is 152 cm³/mol. The van der Waals surface area contributed by atoms with Crippen molar-refractivity contribution in [2.45, 2.75) is 24.9 Å². The number of amides is 3. The van der Waals surface area contributed by atoms with Crippen molar-refractivity contribution < 1.29 is 9.59 Å². The average molecular weight is 566 g/mol. The number of para-hydroxylation sites is 2. The van der Waals surface area contributed by atoms with Crippen molar-refractivity contribution in [3.05, 3.63) is 111 Å². The second-order valence-corrected chi connectivity index (χ2v) is 10.7. The molecule has 0 saturated heterocycles. The summed E-state index contributed by atoms with van der Waals surface area (Å²) < 4.78 is 2.10. The lowest BCUT2D eigenvalue weighted by Crippen LogP contribution is -2.48. The fourth-order valence-corrected chi connectivity index (χ4v) is 5.56. The first-order valence-electron chi connectivity index (χ1n) is 12.3. The highest BCUT2D eigenvalue weighted by Gasteiger charge is 2.40. The SMILES string of the molecule is O=C(Nc1ccc(Cl)cc1Cl)N(CC(=O)N1c2ccccc2-n2cccc2C1c1ccc(Cl)cc1)C1CC1. The Bertz CT molecular complexity index is 1530. The molecule has 1 N–H and O–H groups in total. The number of nitrogens with zero attached hydrogens (tertiary/aromatic N) is 3. The van der Waals surface area contributed by atoms with E-state index in [1.54, 1.807) is 28.0 Å². The Morgan fingerprint density at radius 1 is 0.868 bits per heavy atom. The smallest absolute Gasteiger partial charge is 0.316 e. The molecule has 6 rings (SSSR count). The number of fused-ring (bicyclic) bond motifs is 3. The summed E-state index contributed by atoms with van der Waals surface area (Å²) in [5.74, 6) is -0.186. The maximum Gasteiger partial charge on any atom is 0.322 e. The molecule has 6 nitrogen and oxygen atoms in total. The molecule has 1 aromatic heterocycles. The molecule has 0 bridgehead atoms. The Hall–Kier alpha value is -3.45. The second kappa shape index (κ2) is 10.0. The summed E-state index contributed by atoms with van der Waals surface area (Å²) >= 11 is 18.5. The molecular formula is C29H23Cl3N4O2. The number of halogens is 3. The van der Waals surface area contributed by atoms with E-state index in [2.05, 4.69) is 9.88 Å². The highest BCUT2D eigenvalue weighted by molar-refractivity contribution is 6.36. The summed E-state index contributed by atoms with van der Waals surface area (Å²) in [6.07, 6.45) is 3.68. The Kier molecular flexibility index (Phi) is 6.56. The van der Waals surface area contributed by atoms with Gasteiger partial charge in [-0.15, -0.1) is 0 Å². The van der Waals surface area contributed by atoms with Crippen LogP contribution >= 0.6 is 34.8 Å². The lowest BCUT2D eigenvalue weighted by atomic mass is 9.97. The molecule has 38 heavy (non-hydrogen) atoms. The van der Waals surface area contributed by atoms with Gasteiger partial charge >= 0.3 is 6.03 Å². The van der Waals surface area contributed by atoms with Crippen LogP contribution < -0.4 is 10.2 Å². The van der Waals surface area contributed by atoms with Gasteiger partial charge in [0.1, 0.15) is 12.6 Å². The van der Waals surface area contributed by atoms with E-state index in [1.807, 2.05) is 66.9 Å². The first-order chi connectivity index (χ1) is 18.4. The third-order valence-corrected chi connectivity index (χ3v) is 7.70. The van der Waals surface area contributed by atoms with E-state index < -0.39 is 0 Å². The van der Waals surface area contributed by atoms with Crippen LogP contribution in [0.4, 0.5) is 16.2 Å².